The molecular formula is C39H45N3. The van der Waals surface area contributed by atoms with E-state index in [9.17, 15) is 0 Å². The van der Waals surface area contributed by atoms with Gasteiger partial charge in [0.1, 0.15) is 0 Å². The van der Waals surface area contributed by atoms with Crippen LogP contribution >= 0.6 is 0 Å². The highest BCUT2D eigenvalue weighted by atomic mass is 15.4. The van der Waals surface area contributed by atoms with Crippen LogP contribution in [0.1, 0.15) is 93.7 Å². The number of rotatable bonds is 6. The van der Waals surface area contributed by atoms with E-state index >= 15 is 0 Å². The second kappa shape index (κ2) is 11.4. The topological polar surface area (TPSA) is 30.7 Å². The van der Waals surface area contributed by atoms with Crippen molar-refractivity contribution in [2.24, 2.45) is 0 Å². The summed E-state index contributed by atoms with van der Waals surface area (Å²) in [6, 6.07) is 28.8. The largest absolute Gasteiger partial charge is 0.212 e. The van der Waals surface area contributed by atoms with Crippen molar-refractivity contribution in [3.63, 3.8) is 0 Å². The molecule has 216 valence electrons. The van der Waals surface area contributed by atoms with Gasteiger partial charge in [0.15, 0.2) is 11.6 Å². The summed E-state index contributed by atoms with van der Waals surface area (Å²) in [6.07, 6.45) is 0. The fourth-order valence-corrected chi connectivity index (χ4v) is 6.01. The van der Waals surface area contributed by atoms with Crippen LogP contribution in [-0.4, -0.2) is 14.8 Å². The van der Waals surface area contributed by atoms with E-state index in [0.29, 0.717) is 11.8 Å². The van der Waals surface area contributed by atoms with Gasteiger partial charge in [0.05, 0.1) is 5.69 Å². The van der Waals surface area contributed by atoms with Crippen LogP contribution in [0.2, 0.25) is 0 Å². The van der Waals surface area contributed by atoms with E-state index in [-0.39, 0.29) is 5.41 Å². The lowest BCUT2D eigenvalue weighted by Crippen LogP contribution is -2.11. The van der Waals surface area contributed by atoms with E-state index in [4.69, 9.17) is 10.1 Å². The number of hydrogen-bond donors (Lipinski definition) is 0. The molecule has 1 aromatic heterocycles. The van der Waals surface area contributed by atoms with Crippen LogP contribution in [0.4, 0.5) is 0 Å². The maximum absolute atomic E-state index is 5.31. The molecule has 0 unspecified atom stereocenters. The van der Waals surface area contributed by atoms with E-state index in [1.54, 1.807) is 0 Å². The third-order valence-electron chi connectivity index (χ3n) is 8.25. The molecule has 0 spiro atoms. The Labute approximate surface area is 252 Å². The molecule has 0 saturated heterocycles. The van der Waals surface area contributed by atoms with E-state index in [1.807, 2.05) is 0 Å². The third-order valence-corrected chi connectivity index (χ3v) is 8.25. The van der Waals surface area contributed by atoms with Gasteiger partial charge >= 0.3 is 0 Å². The van der Waals surface area contributed by atoms with Gasteiger partial charge in [-0.3, -0.25) is 0 Å². The summed E-state index contributed by atoms with van der Waals surface area (Å²) in [7, 11) is 0. The Balaban J connectivity index is 1.78. The molecule has 4 aromatic carbocycles. The molecule has 5 aromatic rings. The van der Waals surface area contributed by atoms with Gasteiger partial charge in [0, 0.05) is 11.1 Å². The summed E-state index contributed by atoms with van der Waals surface area (Å²) >= 11 is 0. The third kappa shape index (κ3) is 5.70. The van der Waals surface area contributed by atoms with Crippen LogP contribution in [0.15, 0.2) is 78.9 Å². The second-order valence-corrected chi connectivity index (χ2v) is 13.5. The van der Waals surface area contributed by atoms with Gasteiger partial charge in [-0.2, -0.15) is 0 Å². The minimum Gasteiger partial charge on any atom is -0.212 e. The average molecular weight is 556 g/mol. The predicted octanol–water partition coefficient (Wildman–Crippen LogP) is 10.7. The SMILES string of the molecule is Cc1cc(C)c(-c2nc(-c3ccccc3)n(-c3c(C(C)C)cc(-c4ccc(C(C)(C)C)cc4)cc3C(C)C)n2)c(C)c1. The maximum Gasteiger partial charge on any atom is 0.182 e. The summed E-state index contributed by atoms with van der Waals surface area (Å²) in [5, 5.41) is 5.31. The van der Waals surface area contributed by atoms with Gasteiger partial charge in [-0.15, -0.1) is 5.10 Å². The summed E-state index contributed by atoms with van der Waals surface area (Å²) in [5.41, 5.74) is 13.5. The Hall–Kier alpha value is -3.98. The summed E-state index contributed by atoms with van der Waals surface area (Å²) < 4.78 is 2.13. The minimum atomic E-state index is 0.126. The van der Waals surface area contributed by atoms with Crippen molar-refractivity contribution in [3.05, 3.63) is 112 Å². The smallest absolute Gasteiger partial charge is 0.182 e. The number of aryl methyl sites for hydroxylation is 3. The molecule has 0 saturated carbocycles. The Morgan fingerprint density at radius 3 is 1.69 bits per heavy atom. The molecule has 0 amide bonds. The lowest BCUT2D eigenvalue weighted by Gasteiger charge is -2.23. The Bertz CT molecular complexity index is 1660. The molecule has 0 N–H and O–H groups in total. The summed E-state index contributed by atoms with van der Waals surface area (Å²) in [6.45, 7) is 22.4. The monoisotopic (exact) mass is 555 g/mol. The molecule has 0 aliphatic rings. The van der Waals surface area contributed by atoms with Crippen LogP contribution < -0.4 is 0 Å². The first-order valence-electron chi connectivity index (χ1n) is 15.2. The summed E-state index contributed by atoms with van der Waals surface area (Å²) in [5.74, 6) is 2.24. The highest BCUT2D eigenvalue weighted by Gasteiger charge is 2.25. The number of nitrogens with zero attached hydrogens (tertiary/aromatic N) is 3. The molecule has 3 heteroatoms. The first-order valence-corrected chi connectivity index (χ1v) is 15.2. The lowest BCUT2D eigenvalue weighted by molar-refractivity contribution is 0.590. The fraction of sp³-hybridized carbons (Fsp3) is 0.333. The van der Waals surface area contributed by atoms with Crippen LogP contribution in [0.25, 0.3) is 39.6 Å². The maximum atomic E-state index is 5.31. The van der Waals surface area contributed by atoms with E-state index < -0.39 is 0 Å². The summed E-state index contributed by atoms with van der Waals surface area (Å²) in [4.78, 5) is 5.24. The average Bonchev–Trinajstić information content (AvgIpc) is 3.36. The predicted molar refractivity (Wildman–Crippen MR) is 179 cm³/mol. The van der Waals surface area contributed by atoms with Crippen molar-refractivity contribution in [1.82, 2.24) is 14.8 Å². The van der Waals surface area contributed by atoms with E-state index in [2.05, 4.69) is 153 Å². The quantitative estimate of drug-likeness (QED) is 0.209. The van der Waals surface area contributed by atoms with Crippen LogP contribution in [0.5, 0.6) is 0 Å². The molecule has 0 aliphatic carbocycles. The van der Waals surface area contributed by atoms with Crippen molar-refractivity contribution >= 4 is 0 Å². The van der Waals surface area contributed by atoms with Gasteiger partial charge < -0.3 is 0 Å². The molecule has 0 radical (unpaired) electrons. The first-order chi connectivity index (χ1) is 19.8. The molecule has 0 aliphatic heterocycles. The molecule has 0 bridgehead atoms. The molecule has 0 atom stereocenters. The molecular weight excluding hydrogens is 510 g/mol. The van der Waals surface area contributed by atoms with E-state index in [0.717, 1.165) is 28.5 Å². The Morgan fingerprint density at radius 2 is 1.19 bits per heavy atom. The van der Waals surface area contributed by atoms with Gasteiger partial charge in [-0.05, 0) is 89.1 Å². The lowest BCUT2D eigenvalue weighted by atomic mass is 9.85. The Morgan fingerprint density at radius 1 is 0.643 bits per heavy atom. The highest BCUT2D eigenvalue weighted by molar-refractivity contribution is 5.73. The molecule has 0 fully saturated rings. The van der Waals surface area contributed by atoms with Crippen molar-refractivity contribution in [3.8, 4) is 39.6 Å². The van der Waals surface area contributed by atoms with Gasteiger partial charge in [0.2, 0.25) is 0 Å². The number of hydrogen-bond acceptors (Lipinski definition) is 2. The van der Waals surface area contributed by atoms with Crippen LogP contribution in [0.3, 0.4) is 0 Å². The fourth-order valence-electron chi connectivity index (χ4n) is 6.01. The van der Waals surface area contributed by atoms with Crippen LogP contribution in [-0.2, 0) is 5.41 Å². The van der Waals surface area contributed by atoms with Crippen molar-refractivity contribution < 1.29 is 0 Å². The van der Waals surface area contributed by atoms with Crippen LogP contribution in [0, 0.1) is 20.8 Å². The zero-order valence-electron chi connectivity index (χ0n) is 27.0. The minimum absolute atomic E-state index is 0.126. The second-order valence-electron chi connectivity index (χ2n) is 13.5. The number of benzene rings is 4. The van der Waals surface area contributed by atoms with Gasteiger partial charge in [-0.25, -0.2) is 9.67 Å². The van der Waals surface area contributed by atoms with Gasteiger partial charge in [-0.1, -0.05) is 121 Å². The standard InChI is InChI=1S/C39H45N3/c1-24(2)33-22-31(29-16-18-32(19-17-29)39(8,9)10)23-34(25(3)4)36(33)42-38(30-14-12-11-13-15-30)40-37(41-42)35-27(6)20-26(5)21-28(35)7/h11-25H,1-10H3. The van der Waals surface area contributed by atoms with Crippen molar-refractivity contribution in [2.45, 2.75) is 86.5 Å². The highest BCUT2D eigenvalue weighted by Crippen LogP contribution is 2.39. The number of aromatic nitrogens is 3. The normalized spacial score (nSPS) is 12.0. The zero-order chi connectivity index (χ0) is 30.3. The molecule has 42 heavy (non-hydrogen) atoms. The van der Waals surface area contributed by atoms with E-state index in [1.165, 1.54) is 44.5 Å². The molecule has 1 heterocycles. The molecule has 5 rings (SSSR count). The van der Waals surface area contributed by atoms with Gasteiger partial charge in [0.25, 0.3) is 0 Å². The Kier molecular flexibility index (Phi) is 7.98. The molecule has 3 nitrogen and oxygen atoms in total. The van der Waals surface area contributed by atoms with Crippen molar-refractivity contribution in [2.75, 3.05) is 0 Å². The first kappa shape index (κ1) is 29.5. The van der Waals surface area contributed by atoms with Crippen molar-refractivity contribution in [1.29, 1.82) is 0 Å². The zero-order valence-corrected chi connectivity index (χ0v) is 27.0.